The minimum absolute atomic E-state index is 0.0630. The Morgan fingerprint density at radius 3 is 2.63 bits per heavy atom. The average Bonchev–Trinajstić information content (AvgIpc) is 3.18. The number of hydrogen-bond donors (Lipinski definition) is 1. The average molecular weight is 428 g/mol. The Morgan fingerprint density at radius 1 is 1.22 bits per heavy atom. The fourth-order valence-corrected chi connectivity index (χ4v) is 5.18. The summed E-state index contributed by atoms with van der Waals surface area (Å²) in [5, 5.41) is 4.20. The summed E-state index contributed by atoms with van der Waals surface area (Å²) < 4.78 is 27.6. The van der Waals surface area contributed by atoms with E-state index in [0.29, 0.717) is 36.8 Å². The highest BCUT2D eigenvalue weighted by Crippen LogP contribution is 2.22. The Hall–Kier alpha value is -1.45. The molecule has 1 aromatic carbocycles. The van der Waals surface area contributed by atoms with Gasteiger partial charge in [-0.15, -0.1) is 0 Å². The van der Waals surface area contributed by atoms with Crippen LogP contribution in [0.5, 0.6) is 0 Å². The predicted molar refractivity (Wildman–Crippen MR) is 108 cm³/mol. The first kappa shape index (κ1) is 20.3. The Balaban J connectivity index is 1.48. The normalized spacial score (nSPS) is 15.9. The first-order valence-electron chi connectivity index (χ1n) is 8.67. The monoisotopic (exact) mass is 427 g/mol. The molecule has 1 amide bonds. The van der Waals surface area contributed by atoms with Crippen LogP contribution in [-0.2, 0) is 10.0 Å². The number of benzene rings is 1. The van der Waals surface area contributed by atoms with E-state index in [2.05, 4.69) is 9.62 Å². The lowest BCUT2D eigenvalue weighted by molar-refractivity contribution is 0.0640. The SMILES string of the molecule is Cc1c(Cl)cccc1S(=O)(=O)NCCN1CCN(C(=O)c2ccsc2)CC1. The van der Waals surface area contributed by atoms with Crippen LogP contribution in [0, 0.1) is 6.92 Å². The molecule has 6 nitrogen and oxygen atoms in total. The van der Waals surface area contributed by atoms with E-state index in [1.165, 1.54) is 11.3 Å². The number of amides is 1. The molecule has 27 heavy (non-hydrogen) atoms. The van der Waals surface area contributed by atoms with Crippen LogP contribution in [-0.4, -0.2) is 63.4 Å². The molecular formula is C18H22ClN3O3S2. The zero-order chi connectivity index (χ0) is 19.4. The highest BCUT2D eigenvalue weighted by Gasteiger charge is 2.23. The van der Waals surface area contributed by atoms with Gasteiger partial charge < -0.3 is 4.90 Å². The van der Waals surface area contributed by atoms with Crippen LogP contribution in [0.2, 0.25) is 5.02 Å². The molecule has 0 unspecified atom stereocenters. The van der Waals surface area contributed by atoms with Gasteiger partial charge in [0, 0.05) is 49.7 Å². The third-order valence-electron chi connectivity index (χ3n) is 4.66. The number of nitrogens with zero attached hydrogens (tertiary/aromatic N) is 2. The molecular weight excluding hydrogens is 406 g/mol. The number of thiophene rings is 1. The van der Waals surface area contributed by atoms with Gasteiger partial charge in [0.15, 0.2) is 0 Å². The minimum atomic E-state index is -3.59. The summed E-state index contributed by atoms with van der Waals surface area (Å²) in [6.45, 7) is 5.36. The molecule has 9 heteroatoms. The van der Waals surface area contributed by atoms with Gasteiger partial charge in [0.25, 0.3) is 5.91 Å². The molecule has 1 aliphatic heterocycles. The van der Waals surface area contributed by atoms with Crippen molar-refractivity contribution in [3.63, 3.8) is 0 Å². The molecule has 3 rings (SSSR count). The molecule has 0 bridgehead atoms. The topological polar surface area (TPSA) is 69.7 Å². The number of rotatable bonds is 6. The number of hydrogen-bond acceptors (Lipinski definition) is 5. The molecule has 1 aromatic heterocycles. The van der Waals surface area contributed by atoms with Crippen LogP contribution >= 0.6 is 22.9 Å². The van der Waals surface area contributed by atoms with E-state index in [0.717, 1.165) is 18.7 Å². The van der Waals surface area contributed by atoms with Crippen molar-refractivity contribution in [2.45, 2.75) is 11.8 Å². The number of carbonyl (C=O) groups is 1. The van der Waals surface area contributed by atoms with E-state index in [1.54, 1.807) is 25.1 Å². The van der Waals surface area contributed by atoms with Gasteiger partial charge in [-0.3, -0.25) is 9.69 Å². The highest BCUT2D eigenvalue weighted by atomic mass is 35.5. The third kappa shape index (κ3) is 4.89. The molecule has 1 aliphatic rings. The van der Waals surface area contributed by atoms with E-state index >= 15 is 0 Å². The lowest BCUT2D eigenvalue weighted by atomic mass is 10.2. The van der Waals surface area contributed by atoms with Crippen molar-refractivity contribution in [1.82, 2.24) is 14.5 Å². The zero-order valence-corrected chi connectivity index (χ0v) is 17.4. The minimum Gasteiger partial charge on any atom is -0.336 e. The molecule has 2 heterocycles. The molecule has 0 saturated carbocycles. The fourth-order valence-electron chi connectivity index (χ4n) is 3.04. The van der Waals surface area contributed by atoms with Crippen molar-refractivity contribution in [2.75, 3.05) is 39.3 Å². The van der Waals surface area contributed by atoms with Gasteiger partial charge in [0.2, 0.25) is 10.0 Å². The summed E-state index contributed by atoms with van der Waals surface area (Å²) in [7, 11) is -3.59. The number of nitrogens with one attached hydrogen (secondary N) is 1. The van der Waals surface area contributed by atoms with Gasteiger partial charge in [-0.1, -0.05) is 17.7 Å². The Labute approximate surface area is 168 Å². The number of carbonyl (C=O) groups excluding carboxylic acids is 1. The molecule has 0 aliphatic carbocycles. The van der Waals surface area contributed by atoms with Crippen LogP contribution in [0.25, 0.3) is 0 Å². The smallest absolute Gasteiger partial charge is 0.254 e. The summed E-state index contributed by atoms with van der Waals surface area (Å²) in [5.41, 5.74) is 1.28. The maximum Gasteiger partial charge on any atom is 0.254 e. The van der Waals surface area contributed by atoms with Gasteiger partial charge in [-0.2, -0.15) is 11.3 Å². The molecule has 0 radical (unpaired) electrons. The van der Waals surface area contributed by atoms with Crippen molar-refractivity contribution in [1.29, 1.82) is 0 Å². The van der Waals surface area contributed by atoms with Crippen LogP contribution in [0.1, 0.15) is 15.9 Å². The molecule has 1 saturated heterocycles. The second-order valence-corrected chi connectivity index (χ2v) is 9.33. The quantitative estimate of drug-likeness (QED) is 0.768. The summed E-state index contributed by atoms with van der Waals surface area (Å²) in [6, 6.07) is 6.70. The maximum atomic E-state index is 12.5. The van der Waals surface area contributed by atoms with Crippen molar-refractivity contribution < 1.29 is 13.2 Å². The van der Waals surface area contributed by atoms with Gasteiger partial charge in [-0.05, 0) is 36.1 Å². The van der Waals surface area contributed by atoms with Gasteiger partial charge in [-0.25, -0.2) is 13.1 Å². The maximum absolute atomic E-state index is 12.5. The Morgan fingerprint density at radius 2 is 1.96 bits per heavy atom. The second kappa shape index (κ2) is 8.70. The first-order valence-corrected chi connectivity index (χ1v) is 11.5. The van der Waals surface area contributed by atoms with Gasteiger partial charge in [0.05, 0.1) is 10.5 Å². The molecule has 1 N–H and O–H groups in total. The van der Waals surface area contributed by atoms with Crippen LogP contribution in [0.15, 0.2) is 39.9 Å². The van der Waals surface area contributed by atoms with E-state index in [1.807, 2.05) is 21.7 Å². The predicted octanol–water partition coefficient (Wildman–Crippen LogP) is 2.45. The second-order valence-electron chi connectivity index (χ2n) is 6.41. The Bertz CT molecular complexity index is 893. The van der Waals surface area contributed by atoms with E-state index < -0.39 is 10.0 Å². The summed E-state index contributed by atoms with van der Waals surface area (Å²) in [6.07, 6.45) is 0. The summed E-state index contributed by atoms with van der Waals surface area (Å²) in [5.74, 6) is 0.0630. The molecule has 0 spiro atoms. The Kier molecular flexibility index (Phi) is 6.54. The van der Waals surface area contributed by atoms with Crippen molar-refractivity contribution in [3.05, 3.63) is 51.2 Å². The van der Waals surface area contributed by atoms with E-state index in [9.17, 15) is 13.2 Å². The van der Waals surface area contributed by atoms with Crippen molar-refractivity contribution in [3.8, 4) is 0 Å². The third-order valence-corrected chi connectivity index (χ3v) is 7.35. The largest absolute Gasteiger partial charge is 0.336 e. The molecule has 1 fully saturated rings. The van der Waals surface area contributed by atoms with Gasteiger partial charge >= 0.3 is 0 Å². The highest BCUT2D eigenvalue weighted by molar-refractivity contribution is 7.89. The van der Waals surface area contributed by atoms with Crippen molar-refractivity contribution in [2.24, 2.45) is 0 Å². The molecule has 2 aromatic rings. The van der Waals surface area contributed by atoms with Crippen LogP contribution in [0.3, 0.4) is 0 Å². The van der Waals surface area contributed by atoms with Crippen molar-refractivity contribution >= 4 is 38.9 Å². The summed E-state index contributed by atoms with van der Waals surface area (Å²) >= 11 is 7.53. The lowest BCUT2D eigenvalue weighted by Gasteiger charge is -2.34. The van der Waals surface area contributed by atoms with Crippen LogP contribution in [0.4, 0.5) is 0 Å². The molecule has 146 valence electrons. The van der Waals surface area contributed by atoms with E-state index in [-0.39, 0.29) is 10.8 Å². The first-order chi connectivity index (χ1) is 12.9. The van der Waals surface area contributed by atoms with Gasteiger partial charge in [0.1, 0.15) is 0 Å². The lowest BCUT2D eigenvalue weighted by Crippen LogP contribution is -2.50. The summed E-state index contributed by atoms with van der Waals surface area (Å²) in [4.78, 5) is 16.6. The van der Waals surface area contributed by atoms with E-state index in [4.69, 9.17) is 11.6 Å². The number of piperazine rings is 1. The van der Waals surface area contributed by atoms with Crippen LogP contribution < -0.4 is 4.72 Å². The zero-order valence-electron chi connectivity index (χ0n) is 15.0. The number of halogens is 1. The number of sulfonamides is 1. The standard InChI is InChI=1S/C18H22ClN3O3S2/c1-14-16(19)3-2-4-17(14)27(24,25)20-6-7-21-8-10-22(11-9-21)18(23)15-5-12-26-13-15/h2-5,12-13,20H,6-11H2,1H3. The molecule has 0 atom stereocenters. The fraction of sp³-hybridized carbons (Fsp3) is 0.389.